The number of nitrogens with one attached hydrogen (secondary N) is 1. The second-order valence-corrected chi connectivity index (χ2v) is 4.24. The van der Waals surface area contributed by atoms with Gasteiger partial charge in [-0.1, -0.05) is 12.8 Å². The molecular formula is C12H20N2O2. The molecule has 4 heteroatoms. The van der Waals surface area contributed by atoms with Gasteiger partial charge in [0, 0.05) is 13.1 Å². The van der Waals surface area contributed by atoms with Gasteiger partial charge in [-0.15, -0.1) is 6.42 Å². The van der Waals surface area contributed by atoms with E-state index in [1.54, 1.807) is 0 Å². The van der Waals surface area contributed by atoms with E-state index < -0.39 is 0 Å². The minimum atomic E-state index is -0.213. The van der Waals surface area contributed by atoms with Crippen LogP contribution in [0.2, 0.25) is 0 Å². The summed E-state index contributed by atoms with van der Waals surface area (Å²) in [6, 6.07) is 0. The number of hydrogen-bond donors (Lipinski definition) is 2. The molecule has 90 valence electrons. The molecule has 2 atom stereocenters. The number of amides is 1. The molecule has 1 amide bonds. The van der Waals surface area contributed by atoms with Crippen molar-refractivity contribution in [3.63, 3.8) is 0 Å². The molecule has 1 saturated heterocycles. The molecule has 2 unspecified atom stereocenters. The molecule has 1 rings (SSSR count). The minimum absolute atomic E-state index is 0.0378. The number of aliphatic hydroxyl groups is 1. The molecule has 16 heavy (non-hydrogen) atoms. The van der Waals surface area contributed by atoms with E-state index in [9.17, 15) is 9.90 Å². The topological polar surface area (TPSA) is 52.6 Å². The molecule has 0 aromatic heterocycles. The molecular weight excluding hydrogens is 204 g/mol. The molecule has 0 spiro atoms. The normalized spacial score (nSPS) is 26.1. The van der Waals surface area contributed by atoms with Crippen molar-refractivity contribution in [2.24, 2.45) is 5.92 Å². The first kappa shape index (κ1) is 13.0. The average Bonchev–Trinajstić information content (AvgIpc) is 2.29. The van der Waals surface area contributed by atoms with Gasteiger partial charge in [0.2, 0.25) is 5.91 Å². The zero-order valence-electron chi connectivity index (χ0n) is 9.78. The molecule has 0 bridgehead atoms. The van der Waals surface area contributed by atoms with E-state index >= 15 is 0 Å². The molecule has 4 nitrogen and oxygen atoms in total. The Morgan fingerprint density at radius 3 is 3.06 bits per heavy atom. The molecule has 1 aliphatic rings. The highest BCUT2D eigenvalue weighted by molar-refractivity contribution is 5.78. The van der Waals surface area contributed by atoms with Crippen LogP contribution in [0.1, 0.15) is 19.8 Å². The van der Waals surface area contributed by atoms with Crippen LogP contribution < -0.4 is 5.32 Å². The smallest absolute Gasteiger partial charge is 0.234 e. The first-order valence-corrected chi connectivity index (χ1v) is 5.78. The number of hydrogen-bond acceptors (Lipinski definition) is 3. The van der Waals surface area contributed by atoms with E-state index in [2.05, 4.69) is 23.1 Å². The van der Waals surface area contributed by atoms with Crippen molar-refractivity contribution >= 4 is 5.91 Å². The van der Waals surface area contributed by atoms with Crippen LogP contribution in [0.4, 0.5) is 0 Å². The van der Waals surface area contributed by atoms with Gasteiger partial charge < -0.3 is 10.4 Å². The third kappa shape index (κ3) is 3.84. The SMILES string of the molecule is C#CCNC(=O)CN1CCC(O)C(CC)C1. The maximum absolute atomic E-state index is 11.4. The molecule has 0 radical (unpaired) electrons. The zero-order valence-corrected chi connectivity index (χ0v) is 9.78. The average molecular weight is 224 g/mol. The maximum atomic E-state index is 11.4. The fourth-order valence-electron chi connectivity index (χ4n) is 2.05. The fraction of sp³-hybridized carbons (Fsp3) is 0.750. The predicted molar refractivity (Wildman–Crippen MR) is 62.7 cm³/mol. The summed E-state index contributed by atoms with van der Waals surface area (Å²) in [5.41, 5.74) is 0. The molecule has 1 heterocycles. The van der Waals surface area contributed by atoms with Gasteiger partial charge in [0.15, 0.2) is 0 Å². The summed E-state index contributed by atoms with van der Waals surface area (Å²) in [6.07, 6.45) is 6.55. The molecule has 0 aromatic rings. The monoisotopic (exact) mass is 224 g/mol. The van der Waals surface area contributed by atoms with E-state index in [-0.39, 0.29) is 24.5 Å². The number of nitrogens with zero attached hydrogens (tertiary/aromatic N) is 1. The van der Waals surface area contributed by atoms with E-state index in [1.165, 1.54) is 0 Å². The quantitative estimate of drug-likeness (QED) is 0.652. The first-order valence-electron chi connectivity index (χ1n) is 5.78. The number of piperidine rings is 1. The Bertz CT molecular complexity index is 273. The van der Waals surface area contributed by atoms with Crippen molar-refractivity contribution in [2.75, 3.05) is 26.2 Å². The number of carbonyl (C=O) groups excluding carboxylic acids is 1. The third-order valence-corrected chi connectivity index (χ3v) is 3.06. The molecule has 1 fully saturated rings. The Morgan fingerprint density at radius 1 is 1.69 bits per heavy atom. The van der Waals surface area contributed by atoms with Crippen molar-refractivity contribution in [3.8, 4) is 12.3 Å². The van der Waals surface area contributed by atoms with Gasteiger partial charge in [-0.05, 0) is 18.8 Å². The van der Waals surface area contributed by atoms with Crippen LogP contribution in [0, 0.1) is 18.3 Å². The summed E-state index contributed by atoms with van der Waals surface area (Å²) < 4.78 is 0. The van der Waals surface area contributed by atoms with E-state index in [0.29, 0.717) is 6.54 Å². The molecule has 0 saturated carbocycles. The predicted octanol–water partition coefficient (Wildman–Crippen LogP) is -0.171. The summed E-state index contributed by atoms with van der Waals surface area (Å²) in [7, 11) is 0. The summed E-state index contributed by atoms with van der Waals surface area (Å²) >= 11 is 0. The van der Waals surface area contributed by atoms with Gasteiger partial charge in [0.25, 0.3) is 0 Å². The van der Waals surface area contributed by atoms with Gasteiger partial charge in [0.1, 0.15) is 0 Å². The standard InChI is InChI=1S/C12H20N2O2/c1-3-6-13-12(16)9-14-7-5-11(15)10(4-2)8-14/h1,10-11,15H,4-9H2,2H3,(H,13,16). The Labute approximate surface area is 97.0 Å². The van der Waals surface area contributed by atoms with Crippen molar-refractivity contribution < 1.29 is 9.90 Å². The van der Waals surface area contributed by atoms with Crippen molar-refractivity contribution in [1.29, 1.82) is 0 Å². The molecule has 1 aliphatic heterocycles. The largest absolute Gasteiger partial charge is 0.393 e. The molecule has 2 N–H and O–H groups in total. The zero-order chi connectivity index (χ0) is 12.0. The Kier molecular flexibility index (Phi) is 5.30. The summed E-state index contributed by atoms with van der Waals surface area (Å²) in [6.45, 7) is 4.30. The highest BCUT2D eigenvalue weighted by atomic mass is 16.3. The van der Waals surface area contributed by atoms with Gasteiger partial charge in [-0.2, -0.15) is 0 Å². The van der Waals surface area contributed by atoms with Gasteiger partial charge in [0.05, 0.1) is 19.2 Å². The number of likely N-dealkylation sites (tertiary alicyclic amines) is 1. The molecule has 0 aliphatic carbocycles. The highest BCUT2D eigenvalue weighted by Gasteiger charge is 2.26. The number of aliphatic hydroxyl groups excluding tert-OH is 1. The summed E-state index contributed by atoms with van der Waals surface area (Å²) in [5.74, 6) is 2.62. The summed E-state index contributed by atoms with van der Waals surface area (Å²) in [4.78, 5) is 13.5. The molecule has 0 aromatic carbocycles. The van der Waals surface area contributed by atoms with Crippen LogP contribution in [0.3, 0.4) is 0 Å². The Balaban J connectivity index is 2.33. The van der Waals surface area contributed by atoms with Crippen molar-refractivity contribution in [1.82, 2.24) is 10.2 Å². The van der Waals surface area contributed by atoms with E-state index in [0.717, 1.165) is 25.9 Å². The first-order chi connectivity index (χ1) is 7.67. The van der Waals surface area contributed by atoms with Gasteiger partial charge in [-0.3, -0.25) is 9.69 Å². The van der Waals surface area contributed by atoms with Gasteiger partial charge >= 0.3 is 0 Å². The van der Waals surface area contributed by atoms with Crippen LogP contribution in [0.15, 0.2) is 0 Å². The Morgan fingerprint density at radius 2 is 2.44 bits per heavy atom. The highest BCUT2D eigenvalue weighted by Crippen LogP contribution is 2.19. The second-order valence-electron chi connectivity index (χ2n) is 4.24. The van der Waals surface area contributed by atoms with Crippen LogP contribution in [0.5, 0.6) is 0 Å². The van der Waals surface area contributed by atoms with Crippen molar-refractivity contribution in [2.45, 2.75) is 25.9 Å². The van der Waals surface area contributed by atoms with E-state index in [4.69, 9.17) is 6.42 Å². The Hall–Kier alpha value is -1.05. The lowest BCUT2D eigenvalue weighted by atomic mass is 9.92. The maximum Gasteiger partial charge on any atom is 0.234 e. The fourth-order valence-corrected chi connectivity index (χ4v) is 2.05. The number of terminal acetylenes is 1. The number of carbonyl (C=O) groups is 1. The number of rotatable bonds is 4. The van der Waals surface area contributed by atoms with Crippen LogP contribution >= 0.6 is 0 Å². The lowest BCUT2D eigenvalue weighted by molar-refractivity contribution is -0.123. The van der Waals surface area contributed by atoms with Crippen LogP contribution in [-0.2, 0) is 4.79 Å². The minimum Gasteiger partial charge on any atom is -0.393 e. The van der Waals surface area contributed by atoms with Crippen LogP contribution in [-0.4, -0.2) is 48.2 Å². The third-order valence-electron chi connectivity index (χ3n) is 3.06. The van der Waals surface area contributed by atoms with Crippen LogP contribution in [0.25, 0.3) is 0 Å². The summed E-state index contributed by atoms with van der Waals surface area (Å²) in [5, 5.41) is 12.4. The lowest BCUT2D eigenvalue weighted by Crippen LogP contribution is -2.47. The van der Waals surface area contributed by atoms with Crippen molar-refractivity contribution in [3.05, 3.63) is 0 Å². The second kappa shape index (κ2) is 6.51. The van der Waals surface area contributed by atoms with E-state index in [1.807, 2.05) is 0 Å². The van der Waals surface area contributed by atoms with Gasteiger partial charge in [-0.25, -0.2) is 0 Å². The lowest BCUT2D eigenvalue weighted by Gasteiger charge is -2.35.